The van der Waals surface area contributed by atoms with Gasteiger partial charge in [-0.1, -0.05) is 12.1 Å². The van der Waals surface area contributed by atoms with Gasteiger partial charge in [-0.3, -0.25) is 0 Å². The molecule has 1 aromatic carbocycles. The number of ether oxygens (including phenoxy) is 3. The fraction of sp³-hybridized carbons (Fsp3) is 0.600. The first-order valence-corrected chi connectivity index (χ1v) is 7.00. The van der Waals surface area contributed by atoms with Crippen molar-refractivity contribution in [3.63, 3.8) is 0 Å². The Morgan fingerprint density at radius 1 is 1.35 bits per heavy atom. The highest BCUT2D eigenvalue weighted by Crippen LogP contribution is 2.30. The SMILES string of the molecule is OC1(c2ccc(COC3CCCCO3)c(F)c2)COC1. The van der Waals surface area contributed by atoms with E-state index in [9.17, 15) is 9.50 Å². The van der Waals surface area contributed by atoms with Crippen molar-refractivity contribution in [3.8, 4) is 0 Å². The van der Waals surface area contributed by atoms with E-state index in [1.807, 2.05) is 0 Å². The van der Waals surface area contributed by atoms with E-state index >= 15 is 0 Å². The molecule has 0 bridgehead atoms. The maximum absolute atomic E-state index is 14.0. The third-order valence-electron chi connectivity index (χ3n) is 3.83. The van der Waals surface area contributed by atoms with Crippen LogP contribution < -0.4 is 0 Å². The molecule has 2 fully saturated rings. The van der Waals surface area contributed by atoms with Crippen LogP contribution in [-0.2, 0) is 26.4 Å². The van der Waals surface area contributed by atoms with Crippen LogP contribution in [0.25, 0.3) is 0 Å². The zero-order valence-corrected chi connectivity index (χ0v) is 11.3. The fourth-order valence-electron chi connectivity index (χ4n) is 2.44. The number of benzene rings is 1. The number of halogens is 1. The molecule has 0 aliphatic carbocycles. The molecule has 1 aromatic rings. The lowest BCUT2D eigenvalue weighted by atomic mass is 9.91. The molecule has 2 aliphatic heterocycles. The molecule has 2 heterocycles. The van der Waals surface area contributed by atoms with Crippen molar-refractivity contribution in [2.75, 3.05) is 19.8 Å². The maximum atomic E-state index is 14.0. The van der Waals surface area contributed by atoms with Gasteiger partial charge in [0.15, 0.2) is 6.29 Å². The van der Waals surface area contributed by atoms with Crippen molar-refractivity contribution < 1.29 is 23.7 Å². The molecule has 0 amide bonds. The van der Waals surface area contributed by atoms with Gasteiger partial charge in [0.25, 0.3) is 0 Å². The molecule has 3 rings (SSSR count). The van der Waals surface area contributed by atoms with E-state index in [-0.39, 0.29) is 31.9 Å². The summed E-state index contributed by atoms with van der Waals surface area (Å²) >= 11 is 0. The van der Waals surface area contributed by atoms with Gasteiger partial charge in [0.05, 0.1) is 19.8 Å². The molecular weight excluding hydrogens is 263 g/mol. The fourth-order valence-corrected chi connectivity index (χ4v) is 2.44. The molecule has 4 nitrogen and oxygen atoms in total. The standard InChI is InChI=1S/C15H19FO4/c16-13-7-12(15(17)9-18-10-15)5-4-11(13)8-20-14-3-1-2-6-19-14/h4-5,7,14,17H,1-3,6,8-10H2. The van der Waals surface area contributed by atoms with E-state index in [2.05, 4.69) is 0 Å². The minimum atomic E-state index is -1.04. The first kappa shape index (κ1) is 13.9. The third kappa shape index (κ3) is 2.86. The highest BCUT2D eigenvalue weighted by Gasteiger charge is 2.38. The Bertz CT molecular complexity index is 467. The quantitative estimate of drug-likeness (QED) is 0.918. The summed E-state index contributed by atoms with van der Waals surface area (Å²) in [6, 6.07) is 4.75. The van der Waals surface area contributed by atoms with Gasteiger partial charge in [0, 0.05) is 12.2 Å². The molecule has 20 heavy (non-hydrogen) atoms. The van der Waals surface area contributed by atoms with Crippen LogP contribution in [0.4, 0.5) is 4.39 Å². The highest BCUT2D eigenvalue weighted by atomic mass is 19.1. The summed E-state index contributed by atoms with van der Waals surface area (Å²) in [5.41, 5.74) is -0.00197. The molecular formula is C15H19FO4. The molecule has 5 heteroatoms. The van der Waals surface area contributed by atoms with Crippen LogP contribution in [0.1, 0.15) is 30.4 Å². The average Bonchev–Trinajstić information content (AvgIpc) is 2.44. The zero-order chi connectivity index (χ0) is 14.0. The summed E-state index contributed by atoms with van der Waals surface area (Å²) < 4.78 is 30.0. The van der Waals surface area contributed by atoms with Gasteiger partial charge in [-0.15, -0.1) is 0 Å². The molecule has 0 aromatic heterocycles. The average molecular weight is 282 g/mol. The molecule has 0 spiro atoms. The second-order valence-electron chi connectivity index (χ2n) is 5.44. The topological polar surface area (TPSA) is 47.9 Å². The van der Waals surface area contributed by atoms with Gasteiger partial charge in [0.1, 0.15) is 11.4 Å². The van der Waals surface area contributed by atoms with Gasteiger partial charge in [-0.2, -0.15) is 0 Å². The second-order valence-corrected chi connectivity index (χ2v) is 5.44. The van der Waals surface area contributed by atoms with Crippen LogP contribution in [0.5, 0.6) is 0 Å². The smallest absolute Gasteiger partial charge is 0.158 e. The second kappa shape index (κ2) is 5.77. The highest BCUT2D eigenvalue weighted by molar-refractivity contribution is 5.29. The van der Waals surface area contributed by atoms with Crippen molar-refractivity contribution in [2.45, 2.75) is 37.8 Å². The van der Waals surface area contributed by atoms with Crippen molar-refractivity contribution in [2.24, 2.45) is 0 Å². The van der Waals surface area contributed by atoms with Gasteiger partial charge >= 0.3 is 0 Å². The Kier molecular flexibility index (Phi) is 4.03. The predicted molar refractivity (Wildman–Crippen MR) is 69.5 cm³/mol. The summed E-state index contributed by atoms with van der Waals surface area (Å²) in [5.74, 6) is -0.362. The van der Waals surface area contributed by atoms with Crippen molar-refractivity contribution in [1.29, 1.82) is 0 Å². The monoisotopic (exact) mass is 282 g/mol. The van der Waals surface area contributed by atoms with Gasteiger partial charge in [0.2, 0.25) is 0 Å². The van der Waals surface area contributed by atoms with Gasteiger partial charge in [-0.25, -0.2) is 4.39 Å². The lowest BCUT2D eigenvalue weighted by molar-refractivity contribution is -0.184. The summed E-state index contributed by atoms with van der Waals surface area (Å²) in [4.78, 5) is 0. The predicted octanol–water partition coefficient (Wildman–Crippen LogP) is 2.09. The summed E-state index contributed by atoms with van der Waals surface area (Å²) in [7, 11) is 0. The van der Waals surface area contributed by atoms with E-state index in [1.165, 1.54) is 6.07 Å². The Hall–Kier alpha value is -1.01. The van der Waals surface area contributed by atoms with Crippen LogP contribution in [0.3, 0.4) is 0 Å². The van der Waals surface area contributed by atoms with E-state index in [4.69, 9.17) is 14.2 Å². The van der Waals surface area contributed by atoms with Crippen LogP contribution >= 0.6 is 0 Å². The zero-order valence-electron chi connectivity index (χ0n) is 11.3. The van der Waals surface area contributed by atoms with Crippen LogP contribution in [0.15, 0.2) is 18.2 Å². The Labute approximate surface area is 117 Å². The first-order valence-electron chi connectivity index (χ1n) is 7.00. The van der Waals surface area contributed by atoms with E-state index in [0.29, 0.717) is 17.7 Å². The molecule has 1 unspecified atom stereocenters. The van der Waals surface area contributed by atoms with Crippen molar-refractivity contribution >= 4 is 0 Å². The van der Waals surface area contributed by atoms with E-state index in [0.717, 1.165) is 19.3 Å². The lowest BCUT2D eigenvalue weighted by Crippen LogP contribution is -2.46. The minimum Gasteiger partial charge on any atom is -0.380 e. The van der Waals surface area contributed by atoms with E-state index in [1.54, 1.807) is 12.1 Å². The molecule has 2 aliphatic rings. The summed E-state index contributed by atoms with van der Waals surface area (Å²) in [6.45, 7) is 1.33. The number of rotatable bonds is 4. The normalized spacial score (nSPS) is 25.2. The largest absolute Gasteiger partial charge is 0.380 e. The van der Waals surface area contributed by atoms with Crippen LogP contribution in [0, 0.1) is 5.82 Å². The third-order valence-corrected chi connectivity index (χ3v) is 3.83. The molecule has 0 radical (unpaired) electrons. The van der Waals surface area contributed by atoms with Gasteiger partial charge in [-0.05, 0) is 30.9 Å². The number of hydrogen-bond acceptors (Lipinski definition) is 4. The lowest BCUT2D eigenvalue weighted by Gasteiger charge is -2.36. The summed E-state index contributed by atoms with van der Waals surface area (Å²) in [5, 5.41) is 10.1. The van der Waals surface area contributed by atoms with Gasteiger partial charge < -0.3 is 19.3 Å². The van der Waals surface area contributed by atoms with Crippen molar-refractivity contribution in [1.82, 2.24) is 0 Å². The van der Waals surface area contributed by atoms with Crippen LogP contribution in [0.2, 0.25) is 0 Å². The molecule has 2 saturated heterocycles. The van der Waals surface area contributed by atoms with E-state index < -0.39 is 5.60 Å². The van der Waals surface area contributed by atoms with Crippen LogP contribution in [-0.4, -0.2) is 31.2 Å². The maximum Gasteiger partial charge on any atom is 0.158 e. The Morgan fingerprint density at radius 3 is 2.80 bits per heavy atom. The minimum absolute atomic E-state index is 0.186. The Morgan fingerprint density at radius 2 is 2.20 bits per heavy atom. The summed E-state index contributed by atoms with van der Waals surface area (Å²) in [6.07, 6.45) is 2.77. The molecule has 1 N–H and O–H groups in total. The number of aliphatic hydroxyl groups is 1. The molecule has 1 atom stereocenters. The molecule has 0 saturated carbocycles. The Balaban J connectivity index is 1.62. The first-order chi connectivity index (χ1) is 9.67. The molecule has 110 valence electrons. The number of hydrogen-bond donors (Lipinski definition) is 1. The van der Waals surface area contributed by atoms with Crippen molar-refractivity contribution in [3.05, 3.63) is 35.1 Å².